The second kappa shape index (κ2) is 6.10. The molecular weight excluding hydrogens is 292 g/mol. The Morgan fingerprint density at radius 1 is 1.41 bits per heavy atom. The Labute approximate surface area is 108 Å². The Morgan fingerprint density at radius 2 is 2.06 bits per heavy atom. The molecule has 1 atom stereocenters. The molecule has 0 heterocycles. The van der Waals surface area contributed by atoms with Crippen LogP contribution in [0.2, 0.25) is 0 Å². The lowest BCUT2D eigenvalue weighted by molar-refractivity contribution is -0.129. The van der Waals surface area contributed by atoms with Gasteiger partial charge in [-0.3, -0.25) is 4.79 Å². The summed E-state index contributed by atoms with van der Waals surface area (Å²) in [5.74, 6) is -1.85. The maximum absolute atomic E-state index is 13.0. The van der Waals surface area contributed by atoms with Crippen LogP contribution in [0.15, 0.2) is 18.2 Å². The molecule has 1 aromatic carbocycles. The third-order valence-corrected chi connectivity index (χ3v) is 3.45. The van der Waals surface area contributed by atoms with Gasteiger partial charge in [0, 0.05) is 13.6 Å². The van der Waals surface area contributed by atoms with Gasteiger partial charge in [-0.2, -0.15) is 0 Å². The first-order valence-corrected chi connectivity index (χ1v) is 6.20. The molecule has 94 valence electrons. The first kappa shape index (κ1) is 14.1. The fourth-order valence-corrected chi connectivity index (χ4v) is 1.75. The van der Waals surface area contributed by atoms with Crippen molar-refractivity contribution in [2.75, 3.05) is 7.05 Å². The average Bonchev–Trinajstić information content (AvgIpc) is 2.31. The quantitative estimate of drug-likeness (QED) is 0.783. The molecular formula is C12H14BrF2NO. The summed E-state index contributed by atoms with van der Waals surface area (Å²) in [6.45, 7) is 2.15. The lowest BCUT2D eigenvalue weighted by Crippen LogP contribution is -2.32. The van der Waals surface area contributed by atoms with E-state index in [1.807, 2.05) is 6.92 Å². The van der Waals surface area contributed by atoms with Crippen molar-refractivity contribution in [2.24, 2.45) is 0 Å². The Hall–Kier alpha value is -0.970. The Morgan fingerprint density at radius 3 is 2.59 bits per heavy atom. The minimum atomic E-state index is -0.894. The van der Waals surface area contributed by atoms with E-state index in [1.165, 1.54) is 11.0 Å². The van der Waals surface area contributed by atoms with Gasteiger partial charge in [-0.25, -0.2) is 8.78 Å². The largest absolute Gasteiger partial charge is 0.340 e. The Kier molecular flexibility index (Phi) is 5.05. The zero-order valence-electron chi connectivity index (χ0n) is 9.71. The molecule has 0 N–H and O–H groups in total. The van der Waals surface area contributed by atoms with E-state index < -0.39 is 11.6 Å². The van der Waals surface area contributed by atoms with Crippen molar-refractivity contribution < 1.29 is 13.6 Å². The van der Waals surface area contributed by atoms with Crippen LogP contribution in [0, 0.1) is 11.6 Å². The molecule has 1 unspecified atom stereocenters. The number of halogens is 3. The number of hydrogen-bond acceptors (Lipinski definition) is 1. The van der Waals surface area contributed by atoms with Gasteiger partial charge in [0.15, 0.2) is 11.6 Å². The van der Waals surface area contributed by atoms with E-state index in [9.17, 15) is 13.6 Å². The van der Waals surface area contributed by atoms with Crippen molar-refractivity contribution in [2.45, 2.75) is 24.7 Å². The zero-order chi connectivity index (χ0) is 13.0. The lowest BCUT2D eigenvalue weighted by atomic mass is 10.2. The molecule has 0 bridgehead atoms. The molecule has 0 saturated heterocycles. The first-order valence-electron chi connectivity index (χ1n) is 5.28. The fourth-order valence-electron chi connectivity index (χ4n) is 1.40. The molecule has 2 nitrogen and oxygen atoms in total. The van der Waals surface area contributed by atoms with Gasteiger partial charge in [0.05, 0.1) is 4.83 Å². The van der Waals surface area contributed by atoms with Crippen LogP contribution in [-0.2, 0) is 11.3 Å². The van der Waals surface area contributed by atoms with Crippen LogP contribution in [0.5, 0.6) is 0 Å². The monoisotopic (exact) mass is 305 g/mol. The van der Waals surface area contributed by atoms with Gasteiger partial charge in [0.2, 0.25) is 5.91 Å². The third-order valence-electron chi connectivity index (χ3n) is 2.41. The molecule has 0 spiro atoms. The molecule has 0 aliphatic rings. The van der Waals surface area contributed by atoms with Gasteiger partial charge in [0.1, 0.15) is 0 Å². The SMILES string of the molecule is CCC(Br)C(=O)N(C)Cc1ccc(F)c(F)c1. The molecule has 0 aromatic heterocycles. The first-order chi connectivity index (χ1) is 7.95. The van der Waals surface area contributed by atoms with E-state index in [4.69, 9.17) is 0 Å². The van der Waals surface area contributed by atoms with Gasteiger partial charge in [-0.05, 0) is 24.1 Å². The van der Waals surface area contributed by atoms with Crippen LogP contribution in [0.3, 0.4) is 0 Å². The summed E-state index contributed by atoms with van der Waals surface area (Å²) in [6, 6.07) is 3.64. The Balaban J connectivity index is 2.71. The molecule has 5 heteroatoms. The van der Waals surface area contributed by atoms with Crippen LogP contribution >= 0.6 is 15.9 Å². The molecule has 0 fully saturated rings. The molecule has 1 aromatic rings. The second-order valence-corrected chi connectivity index (χ2v) is 4.92. The van der Waals surface area contributed by atoms with Crippen molar-refractivity contribution in [1.29, 1.82) is 0 Å². The standard InChI is InChI=1S/C12H14BrF2NO/c1-3-9(13)12(17)16(2)7-8-4-5-10(14)11(15)6-8/h4-6,9H,3,7H2,1-2H3. The van der Waals surface area contributed by atoms with Crippen molar-refractivity contribution in [3.8, 4) is 0 Å². The van der Waals surface area contributed by atoms with Crippen LogP contribution in [0.4, 0.5) is 8.78 Å². The zero-order valence-corrected chi connectivity index (χ0v) is 11.3. The van der Waals surface area contributed by atoms with E-state index in [0.717, 1.165) is 12.1 Å². The van der Waals surface area contributed by atoms with Crippen LogP contribution < -0.4 is 0 Å². The van der Waals surface area contributed by atoms with E-state index in [2.05, 4.69) is 15.9 Å². The molecule has 0 radical (unpaired) electrons. The minimum Gasteiger partial charge on any atom is -0.340 e. The molecule has 0 aliphatic heterocycles. The van der Waals surface area contributed by atoms with Crippen LogP contribution in [0.25, 0.3) is 0 Å². The highest BCUT2D eigenvalue weighted by molar-refractivity contribution is 9.10. The fraction of sp³-hybridized carbons (Fsp3) is 0.417. The number of rotatable bonds is 4. The van der Waals surface area contributed by atoms with Crippen molar-refractivity contribution >= 4 is 21.8 Å². The predicted octanol–water partition coefficient (Wildman–Crippen LogP) is 3.10. The maximum Gasteiger partial charge on any atom is 0.236 e. The summed E-state index contributed by atoms with van der Waals surface area (Å²) >= 11 is 3.26. The van der Waals surface area contributed by atoms with Crippen molar-refractivity contribution in [3.05, 3.63) is 35.4 Å². The highest BCUT2D eigenvalue weighted by Gasteiger charge is 2.17. The van der Waals surface area contributed by atoms with Crippen LogP contribution in [-0.4, -0.2) is 22.7 Å². The van der Waals surface area contributed by atoms with E-state index in [1.54, 1.807) is 7.05 Å². The molecule has 0 saturated carbocycles. The number of carbonyl (C=O) groups excluding carboxylic acids is 1. The summed E-state index contributed by atoms with van der Waals surface area (Å²) in [5, 5.41) is 0. The van der Waals surface area contributed by atoms with E-state index in [0.29, 0.717) is 12.0 Å². The van der Waals surface area contributed by atoms with E-state index >= 15 is 0 Å². The van der Waals surface area contributed by atoms with Gasteiger partial charge >= 0.3 is 0 Å². The van der Waals surface area contributed by atoms with Crippen LogP contribution in [0.1, 0.15) is 18.9 Å². The number of hydrogen-bond donors (Lipinski definition) is 0. The lowest BCUT2D eigenvalue weighted by Gasteiger charge is -2.19. The highest BCUT2D eigenvalue weighted by Crippen LogP contribution is 2.13. The number of benzene rings is 1. The highest BCUT2D eigenvalue weighted by atomic mass is 79.9. The number of nitrogens with zero attached hydrogens (tertiary/aromatic N) is 1. The number of alkyl halides is 1. The smallest absolute Gasteiger partial charge is 0.236 e. The summed E-state index contributed by atoms with van der Waals surface area (Å²) in [5.41, 5.74) is 0.565. The topological polar surface area (TPSA) is 20.3 Å². The van der Waals surface area contributed by atoms with Gasteiger partial charge < -0.3 is 4.90 Å². The van der Waals surface area contributed by atoms with Crippen molar-refractivity contribution in [1.82, 2.24) is 4.90 Å². The summed E-state index contributed by atoms with van der Waals surface area (Å²) in [7, 11) is 1.63. The molecule has 0 aliphatic carbocycles. The summed E-state index contributed by atoms with van der Waals surface area (Å²) in [6.07, 6.45) is 0.682. The summed E-state index contributed by atoms with van der Waals surface area (Å²) < 4.78 is 25.7. The molecule has 1 amide bonds. The molecule has 1 rings (SSSR count). The normalized spacial score (nSPS) is 12.3. The van der Waals surface area contributed by atoms with Crippen molar-refractivity contribution in [3.63, 3.8) is 0 Å². The number of amides is 1. The Bertz CT molecular complexity index is 411. The molecule has 17 heavy (non-hydrogen) atoms. The maximum atomic E-state index is 13.0. The third kappa shape index (κ3) is 3.77. The van der Waals surface area contributed by atoms with Gasteiger partial charge in [0.25, 0.3) is 0 Å². The van der Waals surface area contributed by atoms with Gasteiger partial charge in [-0.15, -0.1) is 0 Å². The predicted molar refractivity (Wildman–Crippen MR) is 65.8 cm³/mol. The van der Waals surface area contributed by atoms with Gasteiger partial charge in [-0.1, -0.05) is 28.9 Å². The minimum absolute atomic E-state index is 0.0720. The average molecular weight is 306 g/mol. The summed E-state index contributed by atoms with van der Waals surface area (Å²) in [4.78, 5) is 13.0. The second-order valence-electron chi connectivity index (χ2n) is 3.82. The van der Waals surface area contributed by atoms with E-state index in [-0.39, 0.29) is 17.3 Å². The number of carbonyl (C=O) groups is 1.